The molecule has 1 aliphatic rings. The van der Waals surface area contributed by atoms with Gasteiger partial charge in [-0.15, -0.1) is 0 Å². The minimum absolute atomic E-state index is 0.159. The van der Waals surface area contributed by atoms with E-state index in [-0.39, 0.29) is 11.8 Å². The van der Waals surface area contributed by atoms with Crippen LogP contribution < -0.4 is 5.32 Å². The Labute approximate surface area is 90.3 Å². The lowest BCUT2D eigenvalue weighted by Gasteiger charge is -2.15. The molecule has 1 saturated carbocycles. The van der Waals surface area contributed by atoms with E-state index in [4.69, 9.17) is 10.4 Å². The molecule has 0 aromatic heterocycles. The van der Waals surface area contributed by atoms with Crippen molar-refractivity contribution in [2.45, 2.75) is 32.1 Å². The van der Waals surface area contributed by atoms with Crippen LogP contribution in [-0.4, -0.2) is 24.2 Å². The van der Waals surface area contributed by atoms with E-state index in [0.717, 1.165) is 38.8 Å². The molecule has 84 valence electrons. The molecule has 0 saturated heterocycles. The number of nitriles is 1. The van der Waals surface area contributed by atoms with Crippen LogP contribution in [0.2, 0.25) is 0 Å². The fourth-order valence-electron chi connectivity index (χ4n) is 2.19. The van der Waals surface area contributed by atoms with Gasteiger partial charge < -0.3 is 10.4 Å². The summed E-state index contributed by atoms with van der Waals surface area (Å²) in [6, 6.07) is 2.09. The summed E-state index contributed by atoms with van der Waals surface area (Å²) < 4.78 is 0. The topological polar surface area (TPSA) is 73.1 Å². The third-order valence-electron chi connectivity index (χ3n) is 3.02. The Kier molecular flexibility index (Phi) is 5.13. The van der Waals surface area contributed by atoms with Crippen molar-refractivity contribution in [2.75, 3.05) is 13.1 Å². The molecule has 0 bridgehead atoms. The maximum Gasteiger partial charge on any atom is 0.306 e. The molecule has 1 fully saturated rings. The molecule has 0 amide bonds. The number of nitrogens with zero attached hydrogens (tertiary/aromatic N) is 1. The fourth-order valence-corrected chi connectivity index (χ4v) is 2.19. The molecule has 1 rings (SSSR count). The molecule has 15 heavy (non-hydrogen) atoms. The molecule has 1 aliphatic carbocycles. The predicted octanol–water partition coefficient (Wildman–Crippen LogP) is 1.38. The predicted molar refractivity (Wildman–Crippen MR) is 56.2 cm³/mol. The van der Waals surface area contributed by atoms with E-state index in [9.17, 15) is 4.79 Å². The summed E-state index contributed by atoms with van der Waals surface area (Å²) in [6.45, 7) is 1.60. The number of aliphatic carboxylic acids is 1. The third-order valence-corrected chi connectivity index (χ3v) is 3.02. The Bertz CT molecular complexity index is 247. The van der Waals surface area contributed by atoms with Crippen molar-refractivity contribution in [3.63, 3.8) is 0 Å². The molecule has 0 aromatic rings. The number of carboxylic acid groups (broad SMARTS) is 1. The third kappa shape index (κ3) is 3.88. The molecule has 2 unspecified atom stereocenters. The fraction of sp³-hybridized carbons (Fsp3) is 0.818. The minimum Gasteiger partial charge on any atom is -0.481 e. The summed E-state index contributed by atoms with van der Waals surface area (Å²) in [7, 11) is 0. The van der Waals surface area contributed by atoms with Gasteiger partial charge in [-0.2, -0.15) is 5.26 Å². The van der Waals surface area contributed by atoms with Crippen LogP contribution in [0.25, 0.3) is 0 Å². The van der Waals surface area contributed by atoms with Crippen LogP contribution in [0.5, 0.6) is 0 Å². The first-order valence-electron chi connectivity index (χ1n) is 5.56. The van der Waals surface area contributed by atoms with Crippen molar-refractivity contribution >= 4 is 5.97 Å². The van der Waals surface area contributed by atoms with E-state index in [2.05, 4.69) is 11.4 Å². The highest BCUT2D eigenvalue weighted by molar-refractivity contribution is 5.70. The Morgan fingerprint density at radius 2 is 2.33 bits per heavy atom. The molecule has 0 aromatic carbocycles. The summed E-state index contributed by atoms with van der Waals surface area (Å²) in [5.41, 5.74) is 0. The largest absolute Gasteiger partial charge is 0.481 e. The van der Waals surface area contributed by atoms with Crippen LogP contribution in [0.4, 0.5) is 0 Å². The van der Waals surface area contributed by atoms with Crippen LogP contribution in [0, 0.1) is 23.2 Å². The van der Waals surface area contributed by atoms with E-state index in [0.29, 0.717) is 6.42 Å². The molecular weight excluding hydrogens is 192 g/mol. The first-order valence-corrected chi connectivity index (χ1v) is 5.56. The smallest absolute Gasteiger partial charge is 0.306 e. The number of hydrogen-bond donors (Lipinski definition) is 2. The van der Waals surface area contributed by atoms with Gasteiger partial charge in [0.05, 0.1) is 12.0 Å². The van der Waals surface area contributed by atoms with Gasteiger partial charge in [0.25, 0.3) is 0 Å². The average molecular weight is 210 g/mol. The maximum absolute atomic E-state index is 10.9. The number of carbonyl (C=O) groups is 1. The van der Waals surface area contributed by atoms with Crippen molar-refractivity contribution < 1.29 is 9.90 Å². The van der Waals surface area contributed by atoms with Gasteiger partial charge in [-0.25, -0.2) is 0 Å². The second-order valence-electron chi connectivity index (χ2n) is 4.10. The highest BCUT2D eigenvalue weighted by Gasteiger charge is 2.32. The highest BCUT2D eigenvalue weighted by atomic mass is 16.4. The monoisotopic (exact) mass is 210 g/mol. The summed E-state index contributed by atoms with van der Waals surface area (Å²) in [6.07, 6.45) is 4.28. The number of carboxylic acids is 1. The molecule has 2 N–H and O–H groups in total. The summed E-state index contributed by atoms with van der Waals surface area (Å²) in [5, 5.41) is 20.5. The molecule has 2 atom stereocenters. The summed E-state index contributed by atoms with van der Waals surface area (Å²) >= 11 is 0. The number of rotatable bonds is 6. The van der Waals surface area contributed by atoms with Crippen LogP contribution in [-0.2, 0) is 4.79 Å². The number of hydrogen-bond acceptors (Lipinski definition) is 3. The van der Waals surface area contributed by atoms with Crippen LogP contribution >= 0.6 is 0 Å². The zero-order valence-electron chi connectivity index (χ0n) is 8.91. The lowest BCUT2D eigenvalue weighted by molar-refractivity contribution is -0.142. The lowest BCUT2D eigenvalue weighted by atomic mass is 9.96. The van der Waals surface area contributed by atoms with Crippen molar-refractivity contribution in [3.05, 3.63) is 0 Å². The van der Waals surface area contributed by atoms with Crippen molar-refractivity contribution in [2.24, 2.45) is 11.8 Å². The van der Waals surface area contributed by atoms with Crippen molar-refractivity contribution in [3.8, 4) is 6.07 Å². The quantitative estimate of drug-likeness (QED) is 0.649. The zero-order chi connectivity index (χ0) is 11.1. The molecule has 0 aliphatic heterocycles. The van der Waals surface area contributed by atoms with E-state index in [1.807, 2.05) is 0 Å². The van der Waals surface area contributed by atoms with Gasteiger partial charge >= 0.3 is 5.97 Å². The second-order valence-corrected chi connectivity index (χ2v) is 4.10. The van der Waals surface area contributed by atoms with Crippen LogP contribution in [0.3, 0.4) is 0 Å². The van der Waals surface area contributed by atoms with Crippen LogP contribution in [0.1, 0.15) is 32.1 Å². The molecular formula is C11H18N2O2. The standard InChI is InChI=1S/C11H18N2O2/c12-6-1-2-7-13-8-9-4-3-5-10(9)11(14)15/h9-10,13H,1-5,7-8H2,(H,14,15). The normalized spacial score (nSPS) is 25.0. The summed E-state index contributed by atoms with van der Waals surface area (Å²) in [5.74, 6) is -0.533. The van der Waals surface area contributed by atoms with E-state index in [1.165, 1.54) is 0 Å². The van der Waals surface area contributed by atoms with E-state index in [1.54, 1.807) is 0 Å². The van der Waals surface area contributed by atoms with E-state index >= 15 is 0 Å². The minimum atomic E-state index is -0.656. The lowest BCUT2D eigenvalue weighted by Crippen LogP contribution is -2.29. The molecule has 0 spiro atoms. The Morgan fingerprint density at radius 3 is 3.00 bits per heavy atom. The maximum atomic E-state index is 10.9. The zero-order valence-corrected chi connectivity index (χ0v) is 8.91. The SMILES string of the molecule is N#CCCCNCC1CCCC1C(=O)O. The van der Waals surface area contributed by atoms with E-state index < -0.39 is 5.97 Å². The second kappa shape index (κ2) is 6.41. The number of nitrogens with one attached hydrogen (secondary N) is 1. The van der Waals surface area contributed by atoms with Gasteiger partial charge in [0.15, 0.2) is 0 Å². The molecule has 0 radical (unpaired) electrons. The summed E-state index contributed by atoms with van der Waals surface area (Å²) in [4.78, 5) is 10.9. The average Bonchev–Trinajstić information content (AvgIpc) is 2.66. The van der Waals surface area contributed by atoms with Gasteiger partial charge in [-0.3, -0.25) is 4.79 Å². The molecule has 0 heterocycles. The van der Waals surface area contributed by atoms with Gasteiger partial charge in [0.2, 0.25) is 0 Å². The Hall–Kier alpha value is -1.08. The van der Waals surface area contributed by atoms with Gasteiger partial charge in [-0.05, 0) is 38.3 Å². The van der Waals surface area contributed by atoms with Crippen molar-refractivity contribution in [1.82, 2.24) is 5.32 Å². The van der Waals surface area contributed by atoms with Crippen molar-refractivity contribution in [1.29, 1.82) is 5.26 Å². The van der Waals surface area contributed by atoms with Gasteiger partial charge in [0, 0.05) is 6.42 Å². The van der Waals surface area contributed by atoms with Gasteiger partial charge in [-0.1, -0.05) is 6.42 Å². The molecule has 4 heteroatoms. The molecule has 4 nitrogen and oxygen atoms in total. The first kappa shape index (κ1) is 12.0. The highest BCUT2D eigenvalue weighted by Crippen LogP contribution is 2.31. The van der Waals surface area contributed by atoms with Gasteiger partial charge in [0.1, 0.15) is 0 Å². The Balaban J connectivity index is 2.15. The number of unbranched alkanes of at least 4 members (excludes halogenated alkanes) is 1. The van der Waals surface area contributed by atoms with Crippen LogP contribution in [0.15, 0.2) is 0 Å². The first-order chi connectivity index (χ1) is 7.25. The Morgan fingerprint density at radius 1 is 1.53 bits per heavy atom.